The maximum absolute atomic E-state index is 14.5. The lowest BCUT2D eigenvalue weighted by molar-refractivity contribution is -0.210. The minimum absolute atomic E-state index is 0.0204. The molecule has 0 spiro atoms. The normalized spacial score (nSPS) is 46.5. The van der Waals surface area contributed by atoms with Gasteiger partial charge >= 0.3 is 11.9 Å². The molecule has 9 atom stereocenters. The van der Waals surface area contributed by atoms with Crippen LogP contribution >= 0.6 is 0 Å². The Morgan fingerprint density at radius 3 is 2.24 bits per heavy atom. The maximum atomic E-state index is 14.5. The number of fused-ring (bicyclic) bond motifs is 7. The average Bonchev–Trinajstić information content (AvgIpc) is 2.86. The number of hydrogen-bond donors (Lipinski definition) is 2. The molecular weight excluding hydrogens is 518 g/mol. The number of carbonyl (C=O) groups excluding carboxylic acids is 3. The maximum Gasteiger partial charge on any atom is 0.322 e. The second-order valence-electron chi connectivity index (χ2n) is 16.3. The quantitative estimate of drug-likeness (QED) is 0.396. The Hall–Kier alpha value is -2.18. The summed E-state index contributed by atoms with van der Waals surface area (Å²) >= 11 is 0. The van der Waals surface area contributed by atoms with E-state index >= 15 is 0 Å². The largest absolute Gasteiger partial charge is 0.480 e. The summed E-state index contributed by atoms with van der Waals surface area (Å²) in [5, 5.41) is 11.8. The Bertz CT molecular complexity index is 1210. The zero-order chi connectivity index (χ0) is 30.4. The van der Waals surface area contributed by atoms with E-state index in [0.29, 0.717) is 6.42 Å². The molecule has 5 aliphatic rings. The van der Waals surface area contributed by atoms with Crippen LogP contribution in [0.3, 0.4) is 0 Å². The van der Waals surface area contributed by atoms with Gasteiger partial charge in [0.25, 0.3) is 0 Å². The second kappa shape index (κ2) is 9.41. The minimum Gasteiger partial charge on any atom is -0.480 e. The summed E-state index contributed by atoms with van der Waals surface area (Å²) in [5.74, 6) is -0.943. The highest BCUT2D eigenvalue weighted by Crippen LogP contribution is 2.75. The number of amides is 1. The lowest BCUT2D eigenvalue weighted by Gasteiger charge is -2.70. The molecule has 1 amide bonds. The third-order valence-corrected chi connectivity index (χ3v) is 13.8. The van der Waals surface area contributed by atoms with Crippen molar-refractivity contribution in [1.29, 1.82) is 0 Å². The summed E-state index contributed by atoms with van der Waals surface area (Å²) < 4.78 is 5.83. The SMILES string of the molecule is CC(=O)O[C@H]1CC[C@]2(C)[C@H]3C(=O)C=C4[C@@H]5C[C@@](C)(C(=O)NCC(=O)O)CC[C@]5(C)CC[C@@]4(C)[C@]3(C)CC[C@H]2C1(C)C. The van der Waals surface area contributed by atoms with E-state index in [1.54, 1.807) is 0 Å². The number of carbonyl (C=O) groups is 4. The first-order valence-electron chi connectivity index (χ1n) is 15.8. The molecule has 4 fully saturated rings. The van der Waals surface area contributed by atoms with Crippen LogP contribution in [0.1, 0.15) is 113 Å². The molecule has 7 nitrogen and oxygen atoms in total. The molecule has 0 aromatic rings. The smallest absolute Gasteiger partial charge is 0.322 e. The van der Waals surface area contributed by atoms with E-state index in [1.807, 2.05) is 13.0 Å². The summed E-state index contributed by atoms with van der Waals surface area (Å²) in [5.41, 5.74) is -0.170. The average molecular weight is 570 g/mol. The monoisotopic (exact) mass is 569 g/mol. The fraction of sp³-hybridized carbons (Fsp3) is 0.824. The first-order valence-corrected chi connectivity index (χ1v) is 15.8. The number of nitrogens with one attached hydrogen (secondary N) is 1. The highest BCUT2D eigenvalue weighted by Gasteiger charge is 2.70. The lowest BCUT2D eigenvalue weighted by Crippen LogP contribution is -2.66. The number of rotatable bonds is 4. The van der Waals surface area contributed by atoms with Gasteiger partial charge in [-0.1, -0.05) is 54.0 Å². The van der Waals surface area contributed by atoms with Gasteiger partial charge in [-0.25, -0.2) is 0 Å². The zero-order valence-corrected chi connectivity index (χ0v) is 26.4. The number of esters is 1. The minimum atomic E-state index is -1.04. The van der Waals surface area contributed by atoms with Crippen LogP contribution in [0, 0.1) is 50.2 Å². The van der Waals surface area contributed by atoms with E-state index in [0.717, 1.165) is 51.4 Å². The van der Waals surface area contributed by atoms with Gasteiger partial charge < -0.3 is 15.2 Å². The number of hydrogen-bond acceptors (Lipinski definition) is 5. The number of aliphatic carboxylic acids is 1. The molecule has 7 heteroatoms. The molecule has 0 aromatic heterocycles. The predicted molar refractivity (Wildman–Crippen MR) is 156 cm³/mol. The van der Waals surface area contributed by atoms with E-state index < -0.39 is 11.4 Å². The van der Waals surface area contributed by atoms with Gasteiger partial charge in [-0.05, 0) is 97.4 Å². The molecule has 4 saturated carbocycles. The van der Waals surface area contributed by atoms with Crippen molar-refractivity contribution in [1.82, 2.24) is 5.32 Å². The molecule has 0 radical (unpaired) electrons. The molecule has 5 rings (SSSR count). The molecule has 0 heterocycles. The lowest BCUT2D eigenvalue weighted by atomic mass is 9.33. The zero-order valence-electron chi connectivity index (χ0n) is 26.4. The number of carboxylic acids is 1. The first kappa shape index (κ1) is 30.3. The molecule has 0 unspecified atom stereocenters. The number of allylic oxidation sites excluding steroid dienone is 2. The molecule has 228 valence electrons. The molecule has 5 aliphatic carbocycles. The summed E-state index contributed by atoms with van der Waals surface area (Å²) in [6.07, 6.45) is 9.83. The van der Waals surface area contributed by atoms with Gasteiger partial charge in [0.1, 0.15) is 12.6 Å². The van der Waals surface area contributed by atoms with Crippen LogP contribution in [0.4, 0.5) is 0 Å². The van der Waals surface area contributed by atoms with E-state index in [2.05, 4.69) is 46.9 Å². The van der Waals surface area contributed by atoms with Crippen molar-refractivity contribution in [2.24, 2.45) is 50.2 Å². The van der Waals surface area contributed by atoms with Crippen LogP contribution in [-0.2, 0) is 23.9 Å². The summed E-state index contributed by atoms with van der Waals surface area (Å²) in [4.78, 5) is 50.9. The Morgan fingerprint density at radius 1 is 0.951 bits per heavy atom. The second-order valence-corrected chi connectivity index (χ2v) is 16.3. The highest BCUT2D eigenvalue weighted by molar-refractivity contribution is 5.96. The Balaban J connectivity index is 1.52. The summed E-state index contributed by atoms with van der Waals surface area (Å²) in [6.45, 7) is 17.0. The Morgan fingerprint density at radius 2 is 1.61 bits per heavy atom. The van der Waals surface area contributed by atoms with Gasteiger partial charge in [0.15, 0.2) is 5.78 Å². The molecule has 41 heavy (non-hydrogen) atoms. The number of carboxylic acid groups (broad SMARTS) is 1. The Kier molecular flexibility index (Phi) is 6.95. The van der Waals surface area contributed by atoms with Crippen LogP contribution in [0.15, 0.2) is 11.6 Å². The third kappa shape index (κ3) is 4.25. The van der Waals surface area contributed by atoms with Crippen molar-refractivity contribution in [3.05, 3.63) is 11.6 Å². The summed E-state index contributed by atoms with van der Waals surface area (Å²) in [6, 6.07) is 0. The van der Waals surface area contributed by atoms with E-state index in [4.69, 9.17) is 9.84 Å². The molecule has 0 aromatic carbocycles. The van der Waals surface area contributed by atoms with Crippen molar-refractivity contribution in [3.63, 3.8) is 0 Å². The third-order valence-electron chi connectivity index (χ3n) is 13.8. The summed E-state index contributed by atoms with van der Waals surface area (Å²) in [7, 11) is 0. The van der Waals surface area contributed by atoms with Crippen molar-refractivity contribution < 1.29 is 29.0 Å². The fourth-order valence-electron chi connectivity index (χ4n) is 11.1. The molecule has 0 aliphatic heterocycles. The van der Waals surface area contributed by atoms with Gasteiger partial charge in [0.05, 0.1) is 0 Å². The number of ketones is 1. The molecular formula is C34H51NO6. The van der Waals surface area contributed by atoms with Crippen molar-refractivity contribution in [3.8, 4) is 0 Å². The molecule has 0 saturated heterocycles. The van der Waals surface area contributed by atoms with Crippen molar-refractivity contribution in [2.45, 2.75) is 119 Å². The van der Waals surface area contributed by atoms with Crippen LogP contribution in [0.25, 0.3) is 0 Å². The highest BCUT2D eigenvalue weighted by atomic mass is 16.5. The fourth-order valence-corrected chi connectivity index (χ4v) is 11.1. The van der Waals surface area contributed by atoms with Crippen molar-refractivity contribution >= 4 is 23.6 Å². The first-order chi connectivity index (χ1) is 18.8. The topological polar surface area (TPSA) is 110 Å². The van der Waals surface area contributed by atoms with Crippen molar-refractivity contribution in [2.75, 3.05) is 6.54 Å². The Labute approximate surface area is 245 Å². The van der Waals surface area contributed by atoms with E-state index in [9.17, 15) is 19.2 Å². The van der Waals surface area contributed by atoms with Gasteiger partial charge in [-0.15, -0.1) is 0 Å². The van der Waals surface area contributed by atoms with Crippen LogP contribution in [0.5, 0.6) is 0 Å². The predicted octanol–water partition coefficient (Wildman–Crippen LogP) is 6.10. The van der Waals surface area contributed by atoms with Crippen LogP contribution < -0.4 is 5.32 Å². The standard InChI is InChI=1S/C34H51NO6/c1-20(36)41-25-10-11-32(6)24(29(25,2)3)9-12-34(8)27(32)23(37)17-21-22-18-31(5,28(40)35-19-26(38)39)14-13-30(22,4)15-16-33(21,34)7/h17,22,24-25,27H,9-16,18-19H2,1-8H3,(H,35,40)(H,38,39)/t22-,24-,25-,27+,30+,31-,32-,33+,34+/m0/s1. The van der Waals surface area contributed by atoms with Crippen LogP contribution in [-0.4, -0.2) is 41.4 Å². The number of ether oxygens (including phenoxy) is 1. The van der Waals surface area contributed by atoms with Crippen LogP contribution in [0.2, 0.25) is 0 Å². The van der Waals surface area contributed by atoms with E-state index in [-0.39, 0.29) is 75.1 Å². The molecule has 0 bridgehead atoms. The van der Waals surface area contributed by atoms with Gasteiger partial charge in [0, 0.05) is 23.7 Å². The molecule has 2 N–H and O–H groups in total. The van der Waals surface area contributed by atoms with E-state index in [1.165, 1.54) is 12.5 Å². The van der Waals surface area contributed by atoms with Gasteiger partial charge in [-0.2, -0.15) is 0 Å². The van der Waals surface area contributed by atoms with Gasteiger partial charge in [-0.3, -0.25) is 19.2 Å². The van der Waals surface area contributed by atoms with Gasteiger partial charge in [0.2, 0.25) is 5.91 Å².